The highest BCUT2D eigenvalue weighted by atomic mass is 15.3. The lowest BCUT2D eigenvalue weighted by Crippen LogP contribution is -2.54. The molecule has 0 spiro atoms. The minimum Gasteiger partial charge on any atom is -0.357 e. The highest BCUT2D eigenvalue weighted by Crippen LogP contribution is 2.31. The molecule has 1 atom stereocenters. The molecular weight excluding hydrogens is 372 g/mol. The van der Waals surface area contributed by atoms with Gasteiger partial charge in [0, 0.05) is 43.0 Å². The number of aryl methyl sites for hydroxylation is 2. The number of benzene rings is 1. The molecule has 0 saturated heterocycles. The topological polar surface area (TPSA) is 66.3 Å². The molecule has 1 aromatic carbocycles. The van der Waals surface area contributed by atoms with Crippen LogP contribution in [0.2, 0.25) is 0 Å². The van der Waals surface area contributed by atoms with E-state index in [0.717, 1.165) is 24.7 Å². The van der Waals surface area contributed by atoms with Gasteiger partial charge in [-0.15, -0.1) is 0 Å². The fourth-order valence-electron chi connectivity index (χ4n) is 4.51. The summed E-state index contributed by atoms with van der Waals surface area (Å²) >= 11 is 0. The largest absolute Gasteiger partial charge is 0.357 e. The van der Waals surface area contributed by atoms with Crippen molar-refractivity contribution in [2.24, 2.45) is 12.0 Å². The molecule has 1 saturated carbocycles. The van der Waals surface area contributed by atoms with E-state index in [9.17, 15) is 0 Å². The zero-order valence-corrected chi connectivity index (χ0v) is 19.3. The zero-order chi connectivity index (χ0) is 21.6. The van der Waals surface area contributed by atoms with E-state index in [2.05, 4.69) is 79.1 Å². The molecule has 0 radical (unpaired) electrons. The highest BCUT2D eigenvalue weighted by molar-refractivity contribution is 5.79. The first-order valence-electron chi connectivity index (χ1n) is 11.3. The Bertz CT molecular complexity index is 833. The quantitative estimate of drug-likeness (QED) is 0.458. The number of guanidine groups is 1. The van der Waals surface area contributed by atoms with Crippen molar-refractivity contribution in [1.29, 1.82) is 0 Å². The second kappa shape index (κ2) is 10.1. The van der Waals surface area contributed by atoms with Gasteiger partial charge in [-0.3, -0.25) is 4.68 Å². The van der Waals surface area contributed by atoms with Crippen molar-refractivity contribution >= 4 is 5.96 Å². The maximum Gasteiger partial charge on any atom is 0.191 e. The summed E-state index contributed by atoms with van der Waals surface area (Å²) in [6, 6.07) is 11.0. The number of nitrogens with one attached hydrogen (secondary N) is 3. The maximum atomic E-state index is 4.86. The molecule has 6 nitrogen and oxygen atoms in total. The molecule has 3 N–H and O–H groups in total. The van der Waals surface area contributed by atoms with E-state index in [-0.39, 0.29) is 5.54 Å². The van der Waals surface area contributed by atoms with Crippen LogP contribution in [0.1, 0.15) is 68.1 Å². The first kappa shape index (κ1) is 22.3. The van der Waals surface area contributed by atoms with Gasteiger partial charge >= 0.3 is 0 Å². The second-order valence-electron chi connectivity index (χ2n) is 8.59. The average Bonchev–Trinajstić information content (AvgIpc) is 3.30. The average molecular weight is 411 g/mol. The summed E-state index contributed by atoms with van der Waals surface area (Å²) in [6.45, 7) is 10.9. The lowest BCUT2D eigenvalue weighted by atomic mass is 9.94. The molecule has 0 aliphatic heterocycles. The Labute approximate surface area is 181 Å². The van der Waals surface area contributed by atoms with E-state index in [4.69, 9.17) is 4.99 Å². The molecule has 1 aromatic heterocycles. The third-order valence-corrected chi connectivity index (χ3v) is 6.38. The number of hydrogen-bond acceptors (Lipinski definition) is 3. The molecule has 1 heterocycles. The fourth-order valence-corrected chi connectivity index (χ4v) is 4.51. The van der Waals surface area contributed by atoms with Crippen LogP contribution >= 0.6 is 0 Å². The van der Waals surface area contributed by atoms with Crippen molar-refractivity contribution in [1.82, 2.24) is 25.7 Å². The lowest BCUT2D eigenvalue weighted by molar-refractivity contribution is 0.297. The molecule has 164 valence electrons. The Kier molecular flexibility index (Phi) is 7.53. The SMILES string of the molecule is CCNC(=NCc1c(C)nn(C)c1C)NCC1(NC(C)c2ccccc2)CCCC1. The Morgan fingerprint density at radius 3 is 2.47 bits per heavy atom. The summed E-state index contributed by atoms with van der Waals surface area (Å²) < 4.78 is 1.93. The van der Waals surface area contributed by atoms with Gasteiger partial charge in [0.15, 0.2) is 5.96 Å². The van der Waals surface area contributed by atoms with Crippen molar-refractivity contribution in [2.75, 3.05) is 13.1 Å². The Hall–Kier alpha value is -2.34. The van der Waals surface area contributed by atoms with Crippen LogP contribution in [0, 0.1) is 13.8 Å². The van der Waals surface area contributed by atoms with Crippen molar-refractivity contribution in [3.63, 3.8) is 0 Å². The lowest BCUT2D eigenvalue weighted by Gasteiger charge is -2.35. The van der Waals surface area contributed by atoms with Crippen LogP contribution in [-0.2, 0) is 13.6 Å². The summed E-state index contributed by atoms with van der Waals surface area (Å²) in [5.74, 6) is 0.876. The number of hydrogen-bond donors (Lipinski definition) is 3. The van der Waals surface area contributed by atoms with Gasteiger partial charge in [0.05, 0.1) is 12.2 Å². The molecule has 1 aliphatic carbocycles. The van der Waals surface area contributed by atoms with E-state index in [1.807, 2.05) is 11.7 Å². The molecule has 0 bridgehead atoms. The summed E-state index contributed by atoms with van der Waals surface area (Å²) in [7, 11) is 1.99. The number of aromatic nitrogens is 2. The van der Waals surface area contributed by atoms with E-state index in [1.54, 1.807) is 0 Å². The zero-order valence-electron chi connectivity index (χ0n) is 19.3. The van der Waals surface area contributed by atoms with Gasteiger partial charge in [0.25, 0.3) is 0 Å². The van der Waals surface area contributed by atoms with Crippen LogP contribution in [0.3, 0.4) is 0 Å². The molecule has 1 aliphatic rings. The van der Waals surface area contributed by atoms with Crippen LogP contribution in [0.15, 0.2) is 35.3 Å². The summed E-state index contributed by atoms with van der Waals surface area (Å²) in [4.78, 5) is 4.86. The van der Waals surface area contributed by atoms with Crippen molar-refractivity contribution < 1.29 is 0 Å². The van der Waals surface area contributed by atoms with Crippen LogP contribution < -0.4 is 16.0 Å². The molecule has 2 aromatic rings. The van der Waals surface area contributed by atoms with Crippen molar-refractivity contribution in [3.05, 3.63) is 52.8 Å². The van der Waals surface area contributed by atoms with Crippen molar-refractivity contribution in [3.8, 4) is 0 Å². The minimum atomic E-state index is 0.103. The Morgan fingerprint density at radius 1 is 1.17 bits per heavy atom. The van der Waals surface area contributed by atoms with Gasteiger partial charge in [-0.2, -0.15) is 5.10 Å². The third-order valence-electron chi connectivity index (χ3n) is 6.38. The standard InChI is InChI=1S/C24H38N6/c1-6-25-23(26-16-22-19(3)29-30(5)20(22)4)27-17-24(14-10-11-15-24)28-18(2)21-12-8-7-9-13-21/h7-9,12-13,18,28H,6,10-11,14-17H2,1-5H3,(H2,25,26,27). The smallest absolute Gasteiger partial charge is 0.191 e. The van der Waals surface area contributed by atoms with Crippen LogP contribution in [-0.4, -0.2) is 34.4 Å². The molecule has 1 unspecified atom stereocenters. The first-order chi connectivity index (χ1) is 14.4. The van der Waals surface area contributed by atoms with Gasteiger partial charge in [-0.05, 0) is 46.1 Å². The number of aliphatic imine (C=N–C) groups is 1. The molecule has 1 fully saturated rings. The van der Waals surface area contributed by atoms with Crippen LogP contribution in [0.25, 0.3) is 0 Å². The van der Waals surface area contributed by atoms with Gasteiger partial charge in [-0.1, -0.05) is 43.2 Å². The van der Waals surface area contributed by atoms with Gasteiger partial charge < -0.3 is 16.0 Å². The van der Waals surface area contributed by atoms with E-state index in [0.29, 0.717) is 12.6 Å². The molecule has 30 heavy (non-hydrogen) atoms. The normalized spacial score (nSPS) is 17.2. The van der Waals surface area contributed by atoms with Gasteiger partial charge in [-0.25, -0.2) is 4.99 Å². The van der Waals surface area contributed by atoms with E-state index < -0.39 is 0 Å². The van der Waals surface area contributed by atoms with E-state index in [1.165, 1.54) is 42.5 Å². The number of nitrogens with zero attached hydrogens (tertiary/aromatic N) is 3. The first-order valence-corrected chi connectivity index (χ1v) is 11.3. The summed E-state index contributed by atoms with van der Waals surface area (Å²) in [6.07, 6.45) is 4.94. The third kappa shape index (κ3) is 5.42. The second-order valence-corrected chi connectivity index (χ2v) is 8.59. The monoisotopic (exact) mass is 410 g/mol. The maximum absolute atomic E-state index is 4.86. The fraction of sp³-hybridized carbons (Fsp3) is 0.583. The summed E-state index contributed by atoms with van der Waals surface area (Å²) in [5.41, 5.74) is 4.89. The predicted molar refractivity (Wildman–Crippen MR) is 125 cm³/mol. The van der Waals surface area contributed by atoms with E-state index >= 15 is 0 Å². The Morgan fingerprint density at radius 2 is 1.87 bits per heavy atom. The molecule has 0 amide bonds. The number of rotatable bonds is 8. The predicted octanol–water partition coefficient (Wildman–Crippen LogP) is 3.76. The minimum absolute atomic E-state index is 0.103. The molecular formula is C24H38N6. The Balaban J connectivity index is 1.67. The van der Waals surface area contributed by atoms with Gasteiger partial charge in [0.2, 0.25) is 0 Å². The van der Waals surface area contributed by atoms with Gasteiger partial charge in [0.1, 0.15) is 0 Å². The van der Waals surface area contributed by atoms with Crippen LogP contribution in [0.4, 0.5) is 0 Å². The molecule has 3 rings (SSSR count). The molecule has 6 heteroatoms. The summed E-state index contributed by atoms with van der Waals surface area (Å²) in [5, 5.41) is 15.5. The van der Waals surface area contributed by atoms with Crippen molar-refractivity contribution in [2.45, 2.75) is 71.5 Å². The highest BCUT2D eigenvalue weighted by Gasteiger charge is 2.35. The van der Waals surface area contributed by atoms with Crippen LogP contribution in [0.5, 0.6) is 0 Å².